The molecule has 0 saturated heterocycles. The first-order valence-electron chi connectivity index (χ1n) is 7.16. The normalized spacial score (nSPS) is 21.2. The topological polar surface area (TPSA) is 29.9 Å². The summed E-state index contributed by atoms with van der Waals surface area (Å²) in [7, 11) is 0. The Morgan fingerprint density at radius 2 is 2.24 bits per heavy atom. The maximum Gasteiger partial charge on any atom is 0.0954 e. The molecule has 17 heavy (non-hydrogen) atoms. The number of aromatic nitrogens is 2. The van der Waals surface area contributed by atoms with E-state index in [1.165, 1.54) is 56.3 Å². The van der Waals surface area contributed by atoms with Gasteiger partial charge in [-0.3, -0.25) is 0 Å². The number of nitrogens with one attached hydrogen (secondary N) is 1. The second-order valence-corrected chi connectivity index (χ2v) is 5.50. The van der Waals surface area contributed by atoms with E-state index in [0.29, 0.717) is 6.04 Å². The zero-order chi connectivity index (χ0) is 11.7. The Kier molecular flexibility index (Phi) is 3.19. The monoisotopic (exact) mass is 233 g/mol. The van der Waals surface area contributed by atoms with E-state index < -0.39 is 0 Å². The van der Waals surface area contributed by atoms with Crippen LogP contribution >= 0.6 is 0 Å². The summed E-state index contributed by atoms with van der Waals surface area (Å²) in [5.41, 5.74) is 2.88. The Balaban J connectivity index is 1.72. The third-order valence-electron chi connectivity index (χ3n) is 4.14. The van der Waals surface area contributed by atoms with Gasteiger partial charge in [0.05, 0.1) is 12.0 Å². The Labute approximate surface area is 104 Å². The van der Waals surface area contributed by atoms with Gasteiger partial charge >= 0.3 is 0 Å². The molecule has 1 saturated carbocycles. The smallest absolute Gasteiger partial charge is 0.0954 e. The lowest BCUT2D eigenvalue weighted by molar-refractivity contribution is 0.429. The first-order valence-corrected chi connectivity index (χ1v) is 7.16. The van der Waals surface area contributed by atoms with Gasteiger partial charge < -0.3 is 9.88 Å². The minimum absolute atomic E-state index is 0.602. The molecule has 3 nitrogen and oxygen atoms in total. The number of rotatable bonds is 5. The minimum Gasteiger partial charge on any atom is -0.330 e. The SMILES string of the molecule is CCC(CNC1CC1)n1cnc2c1CCCC2. The average molecular weight is 233 g/mol. The molecule has 1 aromatic rings. The number of fused-ring (bicyclic) bond motifs is 1. The molecule has 1 N–H and O–H groups in total. The lowest BCUT2D eigenvalue weighted by atomic mass is 10.0. The van der Waals surface area contributed by atoms with Crippen LogP contribution in [-0.4, -0.2) is 22.1 Å². The molecule has 0 amide bonds. The van der Waals surface area contributed by atoms with Gasteiger partial charge in [-0.05, 0) is 44.9 Å². The van der Waals surface area contributed by atoms with Crippen molar-refractivity contribution >= 4 is 0 Å². The highest BCUT2D eigenvalue weighted by atomic mass is 15.1. The van der Waals surface area contributed by atoms with E-state index >= 15 is 0 Å². The maximum absolute atomic E-state index is 4.60. The Morgan fingerprint density at radius 1 is 1.41 bits per heavy atom. The molecule has 0 aromatic carbocycles. The van der Waals surface area contributed by atoms with Crippen LogP contribution in [0.2, 0.25) is 0 Å². The molecular weight excluding hydrogens is 210 g/mol. The number of hydrogen-bond acceptors (Lipinski definition) is 2. The van der Waals surface area contributed by atoms with Crippen LogP contribution < -0.4 is 5.32 Å². The largest absolute Gasteiger partial charge is 0.330 e. The molecule has 0 aliphatic heterocycles. The van der Waals surface area contributed by atoms with Gasteiger partial charge in [-0.15, -0.1) is 0 Å². The minimum atomic E-state index is 0.602. The predicted octanol–water partition coefficient (Wildman–Crippen LogP) is 2.47. The second-order valence-electron chi connectivity index (χ2n) is 5.50. The summed E-state index contributed by atoms with van der Waals surface area (Å²) in [4.78, 5) is 4.60. The van der Waals surface area contributed by atoms with Crippen molar-refractivity contribution in [3.05, 3.63) is 17.7 Å². The zero-order valence-electron chi connectivity index (χ0n) is 10.8. The highest BCUT2D eigenvalue weighted by Gasteiger charge is 2.24. The highest BCUT2D eigenvalue weighted by Crippen LogP contribution is 2.25. The molecule has 0 spiro atoms. The third kappa shape index (κ3) is 2.39. The molecule has 2 aliphatic rings. The highest BCUT2D eigenvalue weighted by molar-refractivity contribution is 5.17. The van der Waals surface area contributed by atoms with Gasteiger partial charge in [-0.1, -0.05) is 6.92 Å². The summed E-state index contributed by atoms with van der Waals surface area (Å²) < 4.78 is 2.45. The molecular formula is C14H23N3. The quantitative estimate of drug-likeness (QED) is 0.846. The van der Waals surface area contributed by atoms with E-state index in [0.717, 1.165) is 12.6 Å². The van der Waals surface area contributed by atoms with Gasteiger partial charge in [0.15, 0.2) is 0 Å². The first-order chi connectivity index (χ1) is 8.38. The average Bonchev–Trinajstić information content (AvgIpc) is 3.10. The summed E-state index contributed by atoms with van der Waals surface area (Å²) in [5, 5.41) is 3.65. The van der Waals surface area contributed by atoms with E-state index in [9.17, 15) is 0 Å². The van der Waals surface area contributed by atoms with Gasteiger partial charge in [0, 0.05) is 24.3 Å². The molecule has 3 rings (SSSR count). The van der Waals surface area contributed by atoms with E-state index in [4.69, 9.17) is 0 Å². The zero-order valence-corrected chi connectivity index (χ0v) is 10.8. The Morgan fingerprint density at radius 3 is 3.00 bits per heavy atom. The van der Waals surface area contributed by atoms with Crippen LogP contribution in [0.1, 0.15) is 56.5 Å². The van der Waals surface area contributed by atoms with E-state index in [2.05, 4.69) is 28.1 Å². The standard InChI is InChI=1S/C14H23N3/c1-2-12(9-15-11-7-8-11)17-10-16-13-5-3-4-6-14(13)17/h10-12,15H,2-9H2,1H3. The van der Waals surface area contributed by atoms with Crippen LogP contribution in [0, 0.1) is 0 Å². The molecule has 2 aliphatic carbocycles. The van der Waals surface area contributed by atoms with Crippen LogP contribution in [0.15, 0.2) is 6.33 Å². The lowest BCUT2D eigenvalue weighted by Gasteiger charge is -2.22. The van der Waals surface area contributed by atoms with E-state index in [1.54, 1.807) is 0 Å². The molecule has 0 radical (unpaired) electrons. The van der Waals surface area contributed by atoms with E-state index in [1.807, 2.05) is 0 Å². The predicted molar refractivity (Wildman–Crippen MR) is 69.2 cm³/mol. The van der Waals surface area contributed by atoms with Crippen molar-refractivity contribution < 1.29 is 0 Å². The van der Waals surface area contributed by atoms with Crippen LogP contribution in [0.4, 0.5) is 0 Å². The first kappa shape index (κ1) is 11.3. The third-order valence-corrected chi connectivity index (χ3v) is 4.14. The van der Waals surface area contributed by atoms with Crippen molar-refractivity contribution in [2.24, 2.45) is 0 Å². The fourth-order valence-electron chi connectivity index (χ4n) is 2.84. The Bertz CT molecular complexity index is 379. The molecule has 0 bridgehead atoms. The van der Waals surface area contributed by atoms with Crippen molar-refractivity contribution in [1.82, 2.24) is 14.9 Å². The van der Waals surface area contributed by atoms with Crippen LogP contribution in [-0.2, 0) is 12.8 Å². The van der Waals surface area contributed by atoms with Gasteiger partial charge in [-0.2, -0.15) is 0 Å². The maximum atomic E-state index is 4.60. The van der Waals surface area contributed by atoms with Crippen molar-refractivity contribution in [3.63, 3.8) is 0 Å². The van der Waals surface area contributed by atoms with Crippen LogP contribution in [0.3, 0.4) is 0 Å². The van der Waals surface area contributed by atoms with Gasteiger partial charge in [0.1, 0.15) is 0 Å². The fraction of sp³-hybridized carbons (Fsp3) is 0.786. The fourth-order valence-corrected chi connectivity index (χ4v) is 2.84. The summed E-state index contributed by atoms with van der Waals surface area (Å²) in [6, 6.07) is 1.41. The summed E-state index contributed by atoms with van der Waals surface area (Å²) in [5.74, 6) is 0. The molecule has 1 heterocycles. The number of aryl methyl sites for hydroxylation is 1. The summed E-state index contributed by atoms with van der Waals surface area (Å²) >= 11 is 0. The van der Waals surface area contributed by atoms with Crippen molar-refractivity contribution in [2.75, 3.05) is 6.54 Å². The summed E-state index contributed by atoms with van der Waals surface area (Å²) in [6.07, 6.45) is 11.1. The van der Waals surface area contributed by atoms with Gasteiger partial charge in [-0.25, -0.2) is 4.98 Å². The second kappa shape index (κ2) is 4.81. The number of hydrogen-bond donors (Lipinski definition) is 1. The lowest BCUT2D eigenvalue weighted by Crippen LogP contribution is -2.27. The van der Waals surface area contributed by atoms with Crippen molar-refractivity contribution in [3.8, 4) is 0 Å². The van der Waals surface area contributed by atoms with Gasteiger partial charge in [0.2, 0.25) is 0 Å². The number of nitrogens with zero attached hydrogens (tertiary/aromatic N) is 2. The van der Waals surface area contributed by atoms with Gasteiger partial charge in [0.25, 0.3) is 0 Å². The van der Waals surface area contributed by atoms with Crippen molar-refractivity contribution in [2.45, 2.75) is 64.0 Å². The molecule has 94 valence electrons. The van der Waals surface area contributed by atoms with Crippen molar-refractivity contribution in [1.29, 1.82) is 0 Å². The Hall–Kier alpha value is -0.830. The molecule has 1 unspecified atom stereocenters. The number of imidazole rings is 1. The molecule has 1 aromatic heterocycles. The molecule has 1 fully saturated rings. The molecule has 1 atom stereocenters. The molecule has 3 heteroatoms. The van der Waals surface area contributed by atoms with Crippen LogP contribution in [0.25, 0.3) is 0 Å². The summed E-state index contributed by atoms with van der Waals surface area (Å²) in [6.45, 7) is 3.40. The van der Waals surface area contributed by atoms with Crippen LogP contribution in [0.5, 0.6) is 0 Å². The van der Waals surface area contributed by atoms with E-state index in [-0.39, 0.29) is 0 Å².